The molecule has 1 aliphatic rings. The highest BCUT2D eigenvalue weighted by Crippen LogP contribution is 2.38. The zero-order chi connectivity index (χ0) is 16.6. The lowest BCUT2D eigenvalue weighted by Crippen LogP contribution is -2.27. The third-order valence-corrected chi connectivity index (χ3v) is 4.93. The summed E-state index contributed by atoms with van der Waals surface area (Å²) in [5.41, 5.74) is 0.975. The van der Waals surface area contributed by atoms with Gasteiger partial charge in [0.15, 0.2) is 0 Å². The van der Waals surface area contributed by atoms with Gasteiger partial charge in [0, 0.05) is 20.6 Å². The van der Waals surface area contributed by atoms with Crippen molar-refractivity contribution in [3.8, 4) is 0 Å². The maximum absolute atomic E-state index is 12.5. The van der Waals surface area contributed by atoms with Gasteiger partial charge in [-0.2, -0.15) is 0 Å². The molecule has 3 nitrogen and oxygen atoms in total. The van der Waals surface area contributed by atoms with Gasteiger partial charge in [-0.3, -0.25) is 9.59 Å². The van der Waals surface area contributed by atoms with Crippen LogP contribution in [-0.4, -0.2) is 11.1 Å². The number of benzene rings is 2. The van der Waals surface area contributed by atoms with Crippen LogP contribution in [0.5, 0.6) is 0 Å². The van der Waals surface area contributed by atoms with E-state index in [2.05, 4.69) is 0 Å². The quantitative estimate of drug-likeness (QED) is 0.606. The van der Waals surface area contributed by atoms with Crippen molar-refractivity contribution < 1.29 is 9.59 Å². The van der Waals surface area contributed by atoms with Crippen LogP contribution in [0.4, 0.5) is 10.5 Å². The summed E-state index contributed by atoms with van der Waals surface area (Å²) >= 11 is 18.9. The fraction of sp³-hybridized carbons (Fsp3) is 0. The summed E-state index contributed by atoms with van der Waals surface area (Å²) in [7, 11) is 0. The maximum Gasteiger partial charge on any atom is 0.298 e. The number of thioether (sulfide) groups is 1. The van der Waals surface area contributed by atoms with E-state index in [1.807, 2.05) is 0 Å². The normalized spacial score (nSPS) is 16.5. The molecule has 7 heteroatoms. The molecule has 3 rings (SSSR count). The Labute approximate surface area is 151 Å². The molecule has 2 aromatic rings. The fourth-order valence-corrected chi connectivity index (χ4v) is 3.52. The van der Waals surface area contributed by atoms with Crippen molar-refractivity contribution in [2.24, 2.45) is 0 Å². The molecule has 0 N–H and O–H groups in total. The van der Waals surface area contributed by atoms with E-state index < -0.39 is 5.91 Å². The lowest BCUT2D eigenvalue weighted by atomic mass is 10.2. The summed E-state index contributed by atoms with van der Waals surface area (Å²) < 4.78 is 0. The van der Waals surface area contributed by atoms with Gasteiger partial charge in [0.25, 0.3) is 11.1 Å². The minimum atomic E-state index is -0.418. The van der Waals surface area contributed by atoms with Crippen LogP contribution in [0.15, 0.2) is 47.4 Å². The Kier molecular flexibility index (Phi) is 4.69. The number of imide groups is 1. The minimum absolute atomic E-state index is 0.264. The van der Waals surface area contributed by atoms with Gasteiger partial charge < -0.3 is 0 Å². The van der Waals surface area contributed by atoms with Crippen LogP contribution in [-0.2, 0) is 4.79 Å². The molecule has 0 spiro atoms. The van der Waals surface area contributed by atoms with Crippen LogP contribution in [0.1, 0.15) is 5.56 Å². The highest BCUT2D eigenvalue weighted by molar-refractivity contribution is 8.19. The maximum atomic E-state index is 12.5. The Morgan fingerprint density at radius 1 is 0.913 bits per heavy atom. The molecule has 23 heavy (non-hydrogen) atoms. The van der Waals surface area contributed by atoms with Gasteiger partial charge in [-0.05, 0) is 54.2 Å². The van der Waals surface area contributed by atoms with E-state index in [9.17, 15) is 9.59 Å². The lowest BCUT2D eigenvalue weighted by Gasteiger charge is -2.12. The van der Waals surface area contributed by atoms with Crippen LogP contribution >= 0.6 is 46.6 Å². The highest BCUT2D eigenvalue weighted by Gasteiger charge is 2.36. The monoisotopic (exact) mass is 383 g/mol. The van der Waals surface area contributed by atoms with Crippen molar-refractivity contribution in [2.45, 2.75) is 0 Å². The number of nitrogens with zero attached hydrogens (tertiary/aromatic N) is 1. The zero-order valence-electron chi connectivity index (χ0n) is 11.4. The molecular formula is C16H8Cl3NO2S. The summed E-state index contributed by atoms with van der Waals surface area (Å²) in [6.45, 7) is 0. The summed E-state index contributed by atoms with van der Waals surface area (Å²) in [5, 5.41) is 0.970. The molecule has 0 bridgehead atoms. The number of carbonyl (C=O) groups excluding carboxylic acids is 2. The molecule has 1 heterocycles. The van der Waals surface area contributed by atoms with Gasteiger partial charge in [0.05, 0.1) is 10.6 Å². The fourth-order valence-electron chi connectivity index (χ4n) is 2.06. The summed E-state index contributed by atoms with van der Waals surface area (Å²) in [6, 6.07) is 11.5. The van der Waals surface area contributed by atoms with Crippen LogP contribution in [0.3, 0.4) is 0 Å². The second kappa shape index (κ2) is 6.57. The van der Waals surface area contributed by atoms with Gasteiger partial charge in [-0.1, -0.05) is 40.9 Å². The molecule has 116 valence electrons. The van der Waals surface area contributed by atoms with Crippen molar-refractivity contribution in [1.29, 1.82) is 0 Å². The average molecular weight is 385 g/mol. The second-order valence-electron chi connectivity index (χ2n) is 4.63. The third-order valence-electron chi connectivity index (χ3n) is 3.15. The summed E-state index contributed by atoms with van der Waals surface area (Å²) in [4.78, 5) is 26.1. The molecule has 0 atom stereocenters. The first kappa shape index (κ1) is 16.4. The number of halogens is 3. The predicted molar refractivity (Wildman–Crippen MR) is 96.4 cm³/mol. The standard InChI is InChI=1S/C16H8Cl3NO2S/c17-9-4-6-10(7-5-9)20-15(21)14(23-16(20)22)8-11-12(18)2-1-3-13(11)19/h1-8H/b14-8-. The topological polar surface area (TPSA) is 37.4 Å². The number of hydrogen-bond donors (Lipinski definition) is 0. The van der Waals surface area contributed by atoms with Gasteiger partial charge in [-0.25, -0.2) is 4.90 Å². The first-order valence-corrected chi connectivity index (χ1v) is 8.40. The van der Waals surface area contributed by atoms with Gasteiger partial charge in [0.1, 0.15) is 0 Å². The molecule has 0 aromatic heterocycles. The molecule has 1 aliphatic heterocycles. The molecule has 0 radical (unpaired) electrons. The van der Waals surface area contributed by atoms with Crippen molar-refractivity contribution >= 4 is 69.5 Å². The number of carbonyl (C=O) groups is 2. The zero-order valence-corrected chi connectivity index (χ0v) is 14.5. The smallest absolute Gasteiger partial charge is 0.268 e. The Balaban J connectivity index is 1.98. The molecule has 0 saturated carbocycles. The lowest BCUT2D eigenvalue weighted by molar-refractivity contribution is -0.113. The molecule has 2 aromatic carbocycles. The van der Waals surface area contributed by atoms with E-state index in [-0.39, 0.29) is 10.1 Å². The van der Waals surface area contributed by atoms with Crippen molar-refractivity contribution in [3.05, 3.63) is 68.0 Å². The molecule has 0 unspecified atom stereocenters. The van der Waals surface area contributed by atoms with Crippen molar-refractivity contribution in [1.82, 2.24) is 0 Å². The van der Waals surface area contributed by atoms with E-state index in [1.54, 1.807) is 42.5 Å². The Morgan fingerprint density at radius 3 is 2.13 bits per heavy atom. The van der Waals surface area contributed by atoms with Crippen LogP contribution in [0.25, 0.3) is 6.08 Å². The van der Waals surface area contributed by atoms with E-state index in [0.29, 0.717) is 26.3 Å². The summed E-state index contributed by atoms with van der Waals surface area (Å²) in [6.07, 6.45) is 1.53. The third kappa shape index (κ3) is 3.26. The SMILES string of the molecule is O=C1S/C(=C\c2c(Cl)cccc2Cl)C(=O)N1c1ccc(Cl)cc1. The van der Waals surface area contributed by atoms with E-state index in [4.69, 9.17) is 34.8 Å². The van der Waals surface area contributed by atoms with Gasteiger partial charge in [-0.15, -0.1) is 0 Å². The molecule has 0 aliphatic carbocycles. The van der Waals surface area contributed by atoms with Crippen LogP contribution in [0, 0.1) is 0 Å². The van der Waals surface area contributed by atoms with Gasteiger partial charge >= 0.3 is 0 Å². The Hall–Kier alpha value is -1.46. The number of hydrogen-bond acceptors (Lipinski definition) is 3. The first-order valence-electron chi connectivity index (χ1n) is 6.45. The molecular weight excluding hydrogens is 377 g/mol. The van der Waals surface area contributed by atoms with Crippen molar-refractivity contribution in [2.75, 3.05) is 4.90 Å². The predicted octanol–water partition coefficient (Wildman–Crippen LogP) is 5.89. The van der Waals surface area contributed by atoms with Crippen LogP contribution < -0.4 is 4.90 Å². The van der Waals surface area contributed by atoms with Crippen LogP contribution in [0.2, 0.25) is 15.1 Å². The van der Waals surface area contributed by atoms with E-state index in [1.165, 1.54) is 6.08 Å². The number of anilines is 1. The van der Waals surface area contributed by atoms with Gasteiger partial charge in [0.2, 0.25) is 0 Å². The molecule has 2 amide bonds. The second-order valence-corrected chi connectivity index (χ2v) is 6.87. The molecule has 1 fully saturated rings. The first-order chi connectivity index (χ1) is 11.0. The Bertz CT molecular complexity index is 813. The largest absolute Gasteiger partial charge is 0.298 e. The minimum Gasteiger partial charge on any atom is -0.268 e. The van der Waals surface area contributed by atoms with Crippen molar-refractivity contribution in [3.63, 3.8) is 0 Å². The van der Waals surface area contributed by atoms with E-state index in [0.717, 1.165) is 16.7 Å². The number of rotatable bonds is 2. The Morgan fingerprint density at radius 2 is 1.52 bits per heavy atom. The average Bonchev–Trinajstić information content (AvgIpc) is 2.79. The summed E-state index contributed by atoms with van der Waals surface area (Å²) in [5.74, 6) is -0.418. The molecule has 1 saturated heterocycles. The highest BCUT2D eigenvalue weighted by atomic mass is 35.5. The number of amides is 2. The van der Waals surface area contributed by atoms with E-state index >= 15 is 0 Å².